The van der Waals surface area contributed by atoms with Crippen LogP contribution in [0.25, 0.3) is 11.0 Å². The Bertz CT molecular complexity index is 630. The zero-order chi connectivity index (χ0) is 12.2. The second-order valence-electron chi connectivity index (χ2n) is 4.18. The van der Waals surface area contributed by atoms with Gasteiger partial charge in [-0.3, -0.25) is 4.98 Å². The molecule has 0 aliphatic carbocycles. The molecule has 0 amide bonds. The molecule has 0 aromatic carbocycles. The maximum atomic E-state index is 4.27. The first-order valence-corrected chi connectivity index (χ1v) is 5.94. The first-order valence-electron chi connectivity index (χ1n) is 5.94. The monoisotopic (exact) mass is 238 g/mol. The van der Waals surface area contributed by atoms with E-state index in [1.807, 2.05) is 24.5 Å². The summed E-state index contributed by atoms with van der Waals surface area (Å²) in [6.45, 7) is 1.64. The molecule has 90 valence electrons. The van der Waals surface area contributed by atoms with E-state index in [0.29, 0.717) is 0 Å². The normalized spacial score (nSPS) is 10.9. The average molecular weight is 238 g/mol. The molecule has 0 atom stereocenters. The summed E-state index contributed by atoms with van der Waals surface area (Å²) < 4.78 is 0. The van der Waals surface area contributed by atoms with Crippen LogP contribution in [0, 0.1) is 0 Å². The third kappa shape index (κ3) is 2.24. The first-order chi connectivity index (χ1) is 8.93. The molecule has 0 saturated heterocycles. The second-order valence-corrected chi connectivity index (χ2v) is 4.18. The minimum atomic E-state index is 0.820. The molecule has 3 aromatic heterocycles. The summed E-state index contributed by atoms with van der Waals surface area (Å²) in [6, 6.07) is 8.06. The van der Waals surface area contributed by atoms with Crippen LogP contribution in [0.4, 0.5) is 0 Å². The lowest BCUT2D eigenvalue weighted by Gasteiger charge is -2.03. The number of H-pyrrole nitrogens is 1. The topological polar surface area (TPSA) is 53.6 Å². The van der Waals surface area contributed by atoms with Crippen molar-refractivity contribution in [3.63, 3.8) is 0 Å². The summed E-state index contributed by atoms with van der Waals surface area (Å²) >= 11 is 0. The molecule has 18 heavy (non-hydrogen) atoms. The van der Waals surface area contributed by atoms with Gasteiger partial charge in [0, 0.05) is 43.3 Å². The number of aromatic nitrogens is 3. The summed E-state index contributed by atoms with van der Waals surface area (Å²) in [5, 5.41) is 4.59. The predicted octanol–water partition coefficient (Wildman–Crippen LogP) is 2.25. The summed E-state index contributed by atoms with van der Waals surface area (Å²) in [7, 11) is 0. The van der Waals surface area contributed by atoms with Crippen molar-refractivity contribution in [2.75, 3.05) is 0 Å². The van der Waals surface area contributed by atoms with Crippen LogP contribution in [0.3, 0.4) is 0 Å². The lowest BCUT2D eigenvalue weighted by molar-refractivity contribution is 0.694. The molecule has 0 aliphatic heterocycles. The van der Waals surface area contributed by atoms with E-state index in [4.69, 9.17) is 0 Å². The molecule has 3 rings (SSSR count). The van der Waals surface area contributed by atoms with Crippen LogP contribution >= 0.6 is 0 Å². The van der Waals surface area contributed by atoms with Crippen LogP contribution in [0.1, 0.15) is 11.1 Å². The number of hydrogen-bond acceptors (Lipinski definition) is 3. The maximum Gasteiger partial charge on any atom is 0.137 e. The van der Waals surface area contributed by atoms with Gasteiger partial charge >= 0.3 is 0 Å². The van der Waals surface area contributed by atoms with Crippen molar-refractivity contribution in [2.45, 2.75) is 13.1 Å². The molecule has 0 unspecified atom stereocenters. The van der Waals surface area contributed by atoms with Gasteiger partial charge < -0.3 is 10.3 Å². The molecule has 0 spiro atoms. The van der Waals surface area contributed by atoms with Gasteiger partial charge in [0.25, 0.3) is 0 Å². The Morgan fingerprint density at radius 2 is 2.06 bits per heavy atom. The lowest BCUT2D eigenvalue weighted by Crippen LogP contribution is -2.12. The fourth-order valence-corrected chi connectivity index (χ4v) is 2.00. The summed E-state index contributed by atoms with van der Waals surface area (Å²) in [5.74, 6) is 0. The first kappa shape index (κ1) is 10.9. The van der Waals surface area contributed by atoms with E-state index in [-0.39, 0.29) is 0 Å². The SMILES string of the molecule is c1cncc(CNCc2c[nH]c3ncccc23)c1. The molecule has 0 aliphatic rings. The van der Waals surface area contributed by atoms with E-state index in [2.05, 4.69) is 32.4 Å². The molecule has 2 N–H and O–H groups in total. The Kier molecular flexibility index (Phi) is 3.02. The number of pyridine rings is 2. The van der Waals surface area contributed by atoms with Crippen LogP contribution in [0.5, 0.6) is 0 Å². The van der Waals surface area contributed by atoms with Gasteiger partial charge in [-0.25, -0.2) is 4.98 Å². The zero-order valence-corrected chi connectivity index (χ0v) is 9.93. The van der Waals surface area contributed by atoms with Gasteiger partial charge in [0.15, 0.2) is 0 Å². The van der Waals surface area contributed by atoms with Crippen LogP contribution < -0.4 is 5.32 Å². The van der Waals surface area contributed by atoms with Gasteiger partial charge in [0.05, 0.1) is 0 Å². The van der Waals surface area contributed by atoms with E-state index in [1.54, 1.807) is 12.4 Å². The Morgan fingerprint density at radius 3 is 2.94 bits per heavy atom. The highest BCUT2D eigenvalue weighted by molar-refractivity contribution is 5.79. The van der Waals surface area contributed by atoms with Crippen molar-refractivity contribution < 1.29 is 0 Å². The molecule has 3 aromatic rings. The fraction of sp³-hybridized carbons (Fsp3) is 0.143. The minimum absolute atomic E-state index is 0.820. The molecule has 0 fully saturated rings. The molecule has 0 bridgehead atoms. The molecule has 0 radical (unpaired) electrons. The van der Waals surface area contributed by atoms with Crippen molar-refractivity contribution in [3.05, 3.63) is 60.2 Å². The van der Waals surface area contributed by atoms with Gasteiger partial charge in [-0.1, -0.05) is 6.07 Å². The number of hydrogen-bond donors (Lipinski definition) is 2. The molecule has 0 saturated carbocycles. The molecule has 4 nitrogen and oxygen atoms in total. The van der Waals surface area contributed by atoms with E-state index >= 15 is 0 Å². The fourth-order valence-electron chi connectivity index (χ4n) is 2.00. The lowest BCUT2D eigenvalue weighted by atomic mass is 10.2. The van der Waals surface area contributed by atoms with Crippen LogP contribution in [0.15, 0.2) is 49.1 Å². The Hall–Kier alpha value is -2.20. The van der Waals surface area contributed by atoms with E-state index in [0.717, 1.165) is 18.7 Å². The third-order valence-corrected chi connectivity index (χ3v) is 2.90. The van der Waals surface area contributed by atoms with Gasteiger partial charge in [0.1, 0.15) is 5.65 Å². The van der Waals surface area contributed by atoms with Crippen LogP contribution in [-0.4, -0.2) is 15.0 Å². The number of nitrogens with one attached hydrogen (secondary N) is 2. The summed E-state index contributed by atoms with van der Waals surface area (Å²) in [5.41, 5.74) is 3.37. The zero-order valence-electron chi connectivity index (χ0n) is 9.93. The number of fused-ring (bicyclic) bond motifs is 1. The number of nitrogens with zero attached hydrogens (tertiary/aromatic N) is 2. The Balaban J connectivity index is 1.67. The Morgan fingerprint density at radius 1 is 1.11 bits per heavy atom. The van der Waals surface area contributed by atoms with E-state index in [9.17, 15) is 0 Å². The summed E-state index contributed by atoms with van der Waals surface area (Å²) in [6.07, 6.45) is 7.47. The van der Waals surface area contributed by atoms with Crippen LogP contribution in [0.2, 0.25) is 0 Å². The Labute approximate surface area is 105 Å². The highest BCUT2D eigenvalue weighted by Crippen LogP contribution is 2.15. The summed E-state index contributed by atoms with van der Waals surface area (Å²) in [4.78, 5) is 11.5. The maximum absolute atomic E-state index is 4.27. The van der Waals surface area contributed by atoms with Crippen molar-refractivity contribution in [3.8, 4) is 0 Å². The van der Waals surface area contributed by atoms with Crippen molar-refractivity contribution in [1.29, 1.82) is 0 Å². The second kappa shape index (κ2) is 4.98. The predicted molar refractivity (Wildman–Crippen MR) is 70.9 cm³/mol. The van der Waals surface area contributed by atoms with Gasteiger partial charge in [-0.05, 0) is 29.3 Å². The standard InChI is InChI=1S/C14H14N4/c1-3-11(7-15-5-1)8-16-9-12-10-18-14-13(12)4-2-6-17-14/h1-7,10,16H,8-9H2,(H,17,18). The average Bonchev–Trinajstić information content (AvgIpc) is 2.84. The van der Waals surface area contributed by atoms with Gasteiger partial charge in [-0.2, -0.15) is 0 Å². The van der Waals surface area contributed by atoms with Gasteiger partial charge in [0.2, 0.25) is 0 Å². The number of rotatable bonds is 4. The van der Waals surface area contributed by atoms with Crippen LogP contribution in [-0.2, 0) is 13.1 Å². The van der Waals surface area contributed by atoms with Gasteiger partial charge in [-0.15, -0.1) is 0 Å². The molecule has 4 heteroatoms. The highest BCUT2D eigenvalue weighted by atomic mass is 14.9. The minimum Gasteiger partial charge on any atom is -0.346 e. The largest absolute Gasteiger partial charge is 0.346 e. The molecular weight excluding hydrogens is 224 g/mol. The highest BCUT2D eigenvalue weighted by Gasteiger charge is 2.02. The quantitative estimate of drug-likeness (QED) is 0.733. The van der Waals surface area contributed by atoms with E-state index in [1.165, 1.54) is 16.5 Å². The van der Waals surface area contributed by atoms with Crippen molar-refractivity contribution in [1.82, 2.24) is 20.3 Å². The molecular formula is C14H14N4. The molecule has 3 heterocycles. The van der Waals surface area contributed by atoms with Crippen molar-refractivity contribution >= 4 is 11.0 Å². The van der Waals surface area contributed by atoms with E-state index < -0.39 is 0 Å². The number of aromatic amines is 1. The smallest absolute Gasteiger partial charge is 0.137 e. The van der Waals surface area contributed by atoms with Crippen molar-refractivity contribution in [2.24, 2.45) is 0 Å². The third-order valence-electron chi connectivity index (χ3n) is 2.90.